The monoisotopic (exact) mass is 1010 g/mol. The molecule has 0 aliphatic carbocycles. The molecule has 0 saturated carbocycles. The molecule has 0 radical (unpaired) electrons. The highest BCUT2D eigenvalue weighted by Crippen LogP contribution is 1.92. The summed E-state index contributed by atoms with van der Waals surface area (Å²) in [5, 5.41) is 11.1. The van der Waals surface area contributed by atoms with Crippen molar-refractivity contribution in [2.24, 2.45) is 4.99 Å². The molecule has 0 aromatic heterocycles. The van der Waals surface area contributed by atoms with E-state index < -0.39 is 11.9 Å². The van der Waals surface area contributed by atoms with Gasteiger partial charge in [-0.1, -0.05) is 0 Å². The van der Waals surface area contributed by atoms with E-state index in [1.807, 2.05) is 0 Å². The molecule has 0 aromatic carbocycles. The summed E-state index contributed by atoms with van der Waals surface area (Å²) < 4.78 is 103. The maximum Gasteiger partial charge on any atom is 0.267 e. The molecular formula is C45H88N2O22. The highest BCUT2D eigenvalue weighted by Gasteiger charge is 2.13. The topological polar surface area (TPSA) is 254 Å². The predicted octanol–water partition coefficient (Wildman–Crippen LogP) is -0.584. The quantitative estimate of drug-likeness (QED) is 0.0571. The fourth-order valence-electron chi connectivity index (χ4n) is 4.80. The summed E-state index contributed by atoms with van der Waals surface area (Å²) in [6.45, 7) is 22.2. The lowest BCUT2D eigenvalue weighted by Crippen LogP contribution is -2.38. The lowest BCUT2D eigenvalue weighted by Gasteiger charge is -2.10. The summed E-state index contributed by atoms with van der Waals surface area (Å²) in [7, 11) is 0. The Bertz CT molecular complexity index is 1040. The number of carbonyl (C=O) groups excluding carboxylic acids is 2. The number of amides is 2. The minimum absolute atomic E-state index is 0.0169. The van der Waals surface area contributed by atoms with Crippen LogP contribution < -0.4 is 5.32 Å². The van der Waals surface area contributed by atoms with Crippen molar-refractivity contribution < 1.29 is 105 Å². The van der Waals surface area contributed by atoms with Gasteiger partial charge in [0.15, 0.2) is 0 Å². The van der Waals surface area contributed by atoms with Crippen molar-refractivity contribution in [1.29, 1.82) is 0 Å². The molecule has 0 bridgehead atoms. The summed E-state index contributed by atoms with van der Waals surface area (Å²) in [5.74, 6) is -0.774. The average Bonchev–Trinajstić information content (AvgIpc) is 3.35. The van der Waals surface area contributed by atoms with Crippen LogP contribution >= 0.6 is 0 Å². The van der Waals surface area contributed by atoms with Crippen molar-refractivity contribution in [3.63, 3.8) is 0 Å². The summed E-state index contributed by atoms with van der Waals surface area (Å²) in [4.78, 5) is 26.3. The molecule has 0 rings (SSSR count). The molecule has 2 amide bonds. The van der Waals surface area contributed by atoms with Gasteiger partial charge < -0.3 is 100 Å². The normalized spacial score (nSPS) is 12.0. The molecule has 0 aromatic rings. The van der Waals surface area contributed by atoms with Gasteiger partial charge in [-0.15, -0.1) is 0 Å². The third-order valence-electron chi connectivity index (χ3n) is 8.31. The summed E-state index contributed by atoms with van der Waals surface area (Å²) >= 11 is 0. The van der Waals surface area contributed by atoms with Gasteiger partial charge >= 0.3 is 0 Å². The van der Waals surface area contributed by atoms with Crippen molar-refractivity contribution >= 4 is 18.5 Å². The first-order valence-corrected chi connectivity index (χ1v) is 24.0. The molecule has 1 unspecified atom stereocenters. The van der Waals surface area contributed by atoms with Gasteiger partial charge in [0.2, 0.25) is 5.91 Å². The van der Waals surface area contributed by atoms with Crippen molar-refractivity contribution in [2.45, 2.75) is 19.4 Å². The fraction of sp³-hybridized carbons (Fsp3) is 0.933. The van der Waals surface area contributed by atoms with Gasteiger partial charge in [0.25, 0.3) is 5.91 Å². The standard InChI is InChI=1S/C45H88N2O22/c1-43(45(50)46-2)47-44(49)3-5-51-7-9-53-11-13-55-15-17-57-19-21-59-23-25-61-27-29-63-31-33-65-35-37-67-39-41-69-42-40-68-38-36-66-34-32-64-30-28-62-26-24-60-22-20-58-18-16-56-14-12-54-10-8-52-6-4-48/h43,48H,2-42H2,1H3,(H,47,49). The van der Waals surface area contributed by atoms with Crippen LogP contribution in [0.4, 0.5) is 0 Å². The first kappa shape index (κ1) is 67.0. The van der Waals surface area contributed by atoms with E-state index in [2.05, 4.69) is 17.0 Å². The largest absolute Gasteiger partial charge is 0.394 e. The number of rotatable bonds is 61. The highest BCUT2D eigenvalue weighted by molar-refractivity contribution is 5.89. The average molecular weight is 1010 g/mol. The van der Waals surface area contributed by atoms with Crippen molar-refractivity contribution in [3.8, 4) is 0 Å². The zero-order valence-corrected chi connectivity index (χ0v) is 41.5. The van der Waals surface area contributed by atoms with E-state index in [-0.39, 0.29) is 25.5 Å². The van der Waals surface area contributed by atoms with Crippen LogP contribution in [0.25, 0.3) is 0 Å². The summed E-state index contributed by atoms with van der Waals surface area (Å²) in [5.41, 5.74) is 0. The van der Waals surface area contributed by atoms with Crippen LogP contribution in [0.15, 0.2) is 4.99 Å². The van der Waals surface area contributed by atoms with Crippen LogP contribution in [0, 0.1) is 0 Å². The SMILES string of the molecule is C=NC(=O)C(C)NC(=O)CCOCCOCCOCCOCCOCCOCCOCCOCCOCCOCCOCCOCCOCCOCCOCCOCCOCCOCCOCCO. The van der Waals surface area contributed by atoms with E-state index in [9.17, 15) is 9.59 Å². The molecule has 0 aliphatic rings. The lowest BCUT2D eigenvalue weighted by molar-refractivity contribution is -0.127. The zero-order valence-electron chi connectivity index (χ0n) is 41.5. The molecule has 24 heteroatoms. The molecule has 0 fully saturated rings. The van der Waals surface area contributed by atoms with Crippen LogP contribution in [0.1, 0.15) is 13.3 Å². The number of ether oxygens (including phenoxy) is 19. The van der Waals surface area contributed by atoms with E-state index in [1.165, 1.54) is 0 Å². The van der Waals surface area contributed by atoms with Crippen LogP contribution in [-0.4, -0.2) is 287 Å². The molecule has 69 heavy (non-hydrogen) atoms. The first-order chi connectivity index (χ1) is 34.1. The number of hydrogen-bond donors (Lipinski definition) is 2. The van der Waals surface area contributed by atoms with Crippen LogP contribution in [0.2, 0.25) is 0 Å². The molecule has 410 valence electrons. The summed E-state index contributed by atoms with van der Waals surface area (Å²) in [6, 6.07) is -0.697. The van der Waals surface area contributed by atoms with Gasteiger partial charge in [0.1, 0.15) is 6.04 Å². The minimum Gasteiger partial charge on any atom is -0.394 e. The van der Waals surface area contributed by atoms with Gasteiger partial charge in [-0.05, 0) is 13.6 Å². The Morgan fingerprint density at radius 1 is 0.333 bits per heavy atom. The highest BCUT2D eigenvalue weighted by atomic mass is 16.6. The minimum atomic E-state index is -0.697. The van der Waals surface area contributed by atoms with E-state index in [4.69, 9.17) is 95.1 Å². The maximum absolute atomic E-state index is 11.7. The molecule has 0 spiro atoms. The second-order valence-corrected chi connectivity index (χ2v) is 13.9. The number of nitrogens with zero attached hydrogens (tertiary/aromatic N) is 1. The molecule has 24 nitrogen and oxygen atoms in total. The smallest absolute Gasteiger partial charge is 0.267 e. The Morgan fingerprint density at radius 2 is 0.493 bits per heavy atom. The Morgan fingerprint density at radius 3 is 0.652 bits per heavy atom. The van der Waals surface area contributed by atoms with Crippen LogP contribution in [-0.2, 0) is 99.6 Å². The first-order valence-electron chi connectivity index (χ1n) is 24.0. The van der Waals surface area contributed by atoms with Gasteiger partial charge in [0.05, 0.1) is 258 Å². The van der Waals surface area contributed by atoms with Crippen molar-refractivity contribution in [3.05, 3.63) is 0 Å². The number of nitrogens with one attached hydrogen (secondary N) is 1. The molecule has 0 saturated heterocycles. The van der Waals surface area contributed by atoms with Crippen LogP contribution in [0.3, 0.4) is 0 Å². The Balaban J connectivity index is 3.11. The number of hydrogen-bond acceptors (Lipinski definition) is 22. The van der Waals surface area contributed by atoms with E-state index in [0.29, 0.717) is 244 Å². The fourth-order valence-corrected chi connectivity index (χ4v) is 4.80. The van der Waals surface area contributed by atoms with E-state index in [1.54, 1.807) is 6.92 Å². The molecule has 2 N–H and O–H groups in total. The number of aliphatic hydroxyl groups excluding tert-OH is 1. The predicted molar refractivity (Wildman–Crippen MR) is 249 cm³/mol. The molecule has 1 atom stereocenters. The van der Waals surface area contributed by atoms with Gasteiger partial charge in [0, 0.05) is 6.42 Å². The Labute approximate surface area is 410 Å². The second kappa shape index (κ2) is 60.3. The third-order valence-corrected chi connectivity index (χ3v) is 8.31. The number of carbonyl (C=O) groups is 2. The van der Waals surface area contributed by atoms with Gasteiger partial charge in [-0.3, -0.25) is 9.59 Å². The van der Waals surface area contributed by atoms with Crippen LogP contribution in [0.5, 0.6) is 0 Å². The molecular weight excluding hydrogens is 920 g/mol. The zero-order chi connectivity index (χ0) is 49.9. The summed E-state index contributed by atoms with van der Waals surface area (Å²) in [6.07, 6.45) is 0.139. The second-order valence-electron chi connectivity index (χ2n) is 13.9. The van der Waals surface area contributed by atoms with Crippen molar-refractivity contribution in [1.82, 2.24) is 5.32 Å². The van der Waals surface area contributed by atoms with Gasteiger partial charge in [-0.25, -0.2) is 4.99 Å². The molecule has 0 heterocycles. The van der Waals surface area contributed by atoms with E-state index >= 15 is 0 Å². The number of aliphatic imine (C=N–C) groups is 1. The number of aliphatic hydroxyl groups is 1. The van der Waals surface area contributed by atoms with E-state index in [0.717, 1.165) is 0 Å². The van der Waals surface area contributed by atoms with Crippen molar-refractivity contribution in [2.75, 3.05) is 258 Å². The lowest BCUT2D eigenvalue weighted by atomic mass is 10.3. The maximum atomic E-state index is 11.7. The Kier molecular flexibility index (Phi) is 58.6. The third kappa shape index (κ3) is 58.5. The Hall–Kier alpha value is -1.99. The van der Waals surface area contributed by atoms with Gasteiger partial charge in [-0.2, -0.15) is 0 Å². The molecule has 0 aliphatic heterocycles.